The van der Waals surface area contributed by atoms with Crippen LogP contribution in [0, 0.1) is 6.92 Å². The predicted octanol–water partition coefficient (Wildman–Crippen LogP) is 1.06. The van der Waals surface area contributed by atoms with Gasteiger partial charge in [-0.1, -0.05) is 20.8 Å². The third-order valence-electron chi connectivity index (χ3n) is 4.39. The number of amides is 1. The van der Waals surface area contributed by atoms with Crippen LogP contribution in [0.4, 0.5) is 0 Å². The van der Waals surface area contributed by atoms with E-state index in [0.29, 0.717) is 17.0 Å². The van der Waals surface area contributed by atoms with Gasteiger partial charge in [-0.2, -0.15) is 5.10 Å². The molecule has 0 bridgehead atoms. The van der Waals surface area contributed by atoms with E-state index in [1.807, 2.05) is 26.8 Å². The van der Waals surface area contributed by atoms with Crippen LogP contribution in [-0.4, -0.2) is 30.3 Å². The number of aryl methyl sites for hydroxylation is 1. The van der Waals surface area contributed by atoms with E-state index in [4.69, 9.17) is 0 Å². The summed E-state index contributed by atoms with van der Waals surface area (Å²) in [5.74, 6) is -0.390. The van der Waals surface area contributed by atoms with Crippen molar-refractivity contribution in [2.24, 2.45) is 0 Å². The number of hydrogen-bond donors (Lipinski definition) is 2. The van der Waals surface area contributed by atoms with Gasteiger partial charge >= 0.3 is 0 Å². The highest BCUT2D eigenvalue weighted by Crippen LogP contribution is 2.21. The first kappa shape index (κ1) is 19.5. The van der Waals surface area contributed by atoms with Gasteiger partial charge in [0, 0.05) is 29.3 Å². The Kier molecular flexibility index (Phi) is 4.93. The summed E-state index contributed by atoms with van der Waals surface area (Å²) in [6, 6.07) is 5.68. The fraction of sp³-hybridized carbons (Fsp3) is 0.421. The molecule has 0 unspecified atom stereocenters. The van der Waals surface area contributed by atoms with Crippen LogP contribution in [0.25, 0.3) is 5.65 Å². The van der Waals surface area contributed by atoms with Crippen molar-refractivity contribution in [1.29, 1.82) is 0 Å². The zero-order chi connectivity index (χ0) is 20.6. The van der Waals surface area contributed by atoms with E-state index in [2.05, 4.69) is 20.5 Å². The Morgan fingerprint density at radius 1 is 1.21 bits per heavy atom. The average Bonchev–Trinajstić information content (AvgIpc) is 3.03. The van der Waals surface area contributed by atoms with E-state index < -0.39 is 6.04 Å². The number of nitrogens with zero attached hydrogens (tertiary/aromatic N) is 4. The van der Waals surface area contributed by atoms with Crippen molar-refractivity contribution >= 4 is 11.6 Å². The van der Waals surface area contributed by atoms with Gasteiger partial charge in [-0.25, -0.2) is 14.2 Å². The van der Waals surface area contributed by atoms with Crippen molar-refractivity contribution in [2.45, 2.75) is 52.6 Å². The molecule has 9 heteroatoms. The Bertz CT molecular complexity index is 1150. The van der Waals surface area contributed by atoms with Gasteiger partial charge in [-0.15, -0.1) is 0 Å². The maximum absolute atomic E-state index is 12.4. The van der Waals surface area contributed by atoms with Crippen LogP contribution in [-0.2, 0) is 16.8 Å². The molecule has 28 heavy (non-hydrogen) atoms. The summed E-state index contributed by atoms with van der Waals surface area (Å²) in [5.41, 5.74) is 1.70. The average molecular weight is 384 g/mol. The van der Waals surface area contributed by atoms with Crippen LogP contribution >= 0.6 is 0 Å². The van der Waals surface area contributed by atoms with Crippen molar-refractivity contribution in [3.05, 3.63) is 62.1 Å². The Balaban J connectivity index is 1.82. The van der Waals surface area contributed by atoms with Gasteiger partial charge in [-0.05, 0) is 19.9 Å². The van der Waals surface area contributed by atoms with E-state index >= 15 is 0 Å². The molecule has 0 saturated carbocycles. The number of aromatic nitrogens is 5. The van der Waals surface area contributed by atoms with Gasteiger partial charge in [0.2, 0.25) is 5.91 Å². The third-order valence-corrected chi connectivity index (χ3v) is 4.39. The predicted molar refractivity (Wildman–Crippen MR) is 104 cm³/mol. The Morgan fingerprint density at radius 2 is 1.93 bits per heavy atom. The van der Waals surface area contributed by atoms with Gasteiger partial charge in [0.15, 0.2) is 5.65 Å². The van der Waals surface area contributed by atoms with Crippen LogP contribution in [0.2, 0.25) is 0 Å². The van der Waals surface area contributed by atoms with Crippen LogP contribution in [0.5, 0.6) is 0 Å². The van der Waals surface area contributed by atoms with Gasteiger partial charge in [0.1, 0.15) is 6.54 Å². The number of rotatable bonds is 4. The number of aromatic amines is 1. The Labute approximate surface area is 161 Å². The lowest BCUT2D eigenvalue weighted by Gasteiger charge is -2.14. The van der Waals surface area contributed by atoms with Crippen molar-refractivity contribution in [2.75, 3.05) is 0 Å². The molecule has 0 fully saturated rings. The first-order valence-electron chi connectivity index (χ1n) is 9.02. The smallest absolute Gasteiger partial charge is 0.272 e. The zero-order valence-corrected chi connectivity index (χ0v) is 16.6. The fourth-order valence-electron chi connectivity index (χ4n) is 2.78. The molecule has 0 radical (unpaired) electrons. The van der Waals surface area contributed by atoms with Crippen molar-refractivity contribution < 1.29 is 4.79 Å². The summed E-state index contributed by atoms with van der Waals surface area (Å²) < 4.78 is 2.49. The first-order chi connectivity index (χ1) is 13.0. The van der Waals surface area contributed by atoms with Gasteiger partial charge < -0.3 is 5.32 Å². The van der Waals surface area contributed by atoms with Gasteiger partial charge in [0.05, 0.1) is 17.4 Å². The molecule has 3 aromatic rings. The maximum atomic E-state index is 12.4. The molecule has 2 N–H and O–H groups in total. The van der Waals surface area contributed by atoms with Crippen molar-refractivity contribution in [1.82, 2.24) is 29.7 Å². The SMILES string of the molecule is Cc1ccc(=O)n(CC(=O)N[C@@H](C)c2cc(=O)n3[nH]c(C(C)(C)C)cc3n2)n1. The molecule has 3 aromatic heterocycles. The maximum Gasteiger partial charge on any atom is 0.272 e. The summed E-state index contributed by atoms with van der Waals surface area (Å²) in [5, 5.41) is 9.87. The summed E-state index contributed by atoms with van der Waals surface area (Å²) >= 11 is 0. The molecule has 0 aliphatic rings. The molecule has 1 atom stereocenters. The molecule has 0 spiro atoms. The molecule has 148 valence electrons. The monoisotopic (exact) mass is 384 g/mol. The van der Waals surface area contributed by atoms with E-state index in [1.54, 1.807) is 19.9 Å². The molecule has 0 aliphatic heterocycles. The van der Waals surface area contributed by atoms with Crippen LogP contribution in [0.1, 0.15) is 50.8 Å². The van der Waals surface area contributed by atoms with E-state index in [-0.39, 0.29) is 29.0 Å². The highest BCUT2D eigenvalue weighted by Gasteiger charge is 2.19. The normalized spacial score (nSPS) is 12.9. The van der Waals surface area contributed by atoms with Crippen LogP contribution in [0.3, 0.4) is 0 Å². The number of nitrogens with one attached hydrogen (secondary N) is 2. The molecule has 0 saturated heterocycles. The third kappa shape index (κ3) is 4.03. The second-order valence-electron chi connectivity index (χ2n) is 7.89. The number of fused-ring (bicyclic) bond motifs is 1. The minimum Gasteiger partial charge on any atom is -0.346 e. The molecular weight excluding hydrogens is 360 g/mol. The molecule has 0 aliphatic carbocycles. The second-order valence-corrected chi connectivity index (χ2v) is 7.89. The topological polar surface area (TPSA) is 114 Å². The van der Waals surface area contributed by atoms with E-state index in [1.165, 1.54) is 16.6 Å². The second kappa shape index (κ2) is 7.06. The highest BCUT2D eigenvalue weighted by atomic mass is 16.2. The molecule has 3 heterocycles. The zero-order valence-electron chi connectivity index (χ0n) is 16.6. The molecule has 9 nitrogen and oxygen atoms in total. The Morgan fingerprint density at radius 3 is 2.61 bits per heavy atom. The van der Waals surface area contributed by atoms with Crippen molar-refractivity contribution in [3.8, 4) is 0 Å². The lowest BCUT2D eigenvalue weighted by Crippen LogP contribution is -2.35. The van der Waals surface area contributed by atoms with E-state index in [9.17, 15) is 14.4 Å². The number of carbonyl (C=O) groups excluding carboxylic acids is 1. The minimum atomic E-state index is -0.501. The highest BCUT2D eigenvalue weighted by molar-refractivity contribution is 5.76. The standard InChI is InChI=1S/C19H24N6O3/c1-11-6-7-17(27)24(22-11)10-16(26)20-12(2)13-8-18(28)25-15(21-13)9-14(23-25)19(3,4)5/h6-9,12,23H,10H2,1-5H3,(H,20,26)/t12-/m0/s1. The van der Waals surface area contributed by atoms with Gasteiger partial charge in [0.25, 0.3) is 11.1 Å². The summed E-state index contributed by atoms with van der Waals surface area (Å²) in [7, 11) is 0. The van der Waals surface area contributed by atoms with E-state index in [0.717, 1.165) is 10.4 Å². The molecule has 3 rings (SSSR count). The van der Waals surface area contributed by atoms with Crippen LogP contribution in [0.15, 0.2) is 33.9 Å². The Hall–Kier alpha value is -3.23. The summed E-state index contributed by atoms with van der Waals surface area (Å²) in [6.07, 6.45) is 0. The molecule has 1 amide bonds. The quantitative estimate of drug-likeness (QED) is 0.698. The fourth-order valence-corrected chi connectivity index (χ4v) is 2.78. The first-order valence-corrected chi connectivity index (χ1v) is 9.02. The van der Waals surface area contributed by atoms with Gasteiger partial charge in [-0.3, -0.25) is 19.5 Å². The largest absolute Gasteiger partial charge is 0.346 e. The molecule has 0 aromatic carbocycles. The molecular formula is C19H24N6O3. The lowest BCUT2D eigenvalue weighted by atomic mass is 9.93. The lowest BCUT2D eigenvalue weighted by molar-refractivity contribution is -0.122. The summed E-state index contributed by atoms with van der Waals surface area (Å²) in [4.78, 5) is 41.0. The summed E-state index contributed by atoms with van der Waals surface area (Å²) in [6.45, 7) is 9.38. The van der Waals surface area contributed by atoms with Crippen LogP contribution < -0.4 is 16.4 Å². The number of H-pyrrole nitrogens is 1. The minimum absolute atomic E-state index is 0.159. The van der Waals surface area contributed by atoms with Crippen molar-refractivity contribution in [3.63, 3.8) is 0 Å². The number of hydrogen-bond acceptors (Lipinski definition) is 5. The number of carbonyl (C=O) groups is 1.